The molecule has 6 nitrogen and oxygen atoms in total. The Morgan fingerprint density at radius 3 is 1.00 bits per heavy atom. The molecule has 7 heteroatoms. The second kappa shape index (κ2) is 13.9. The zero-order chi connectivity index (χ0) is 38.4. The quantitative estimate of drug-likeness (QED) is 0.139. The maximum absolute atomic E-state index is 14.5. The maximum atomic E-state index is 14.5. The number of hydrogen-bond donors (Lipinski definition) is 2. The van der Waals surface area contributed by atoms with E-state index in [9.17, 15) is 29.4 Å². The Kier molecular flexibility index (Phi) is 10.7. The zero-order valence-corrected chi connectivity index (χ0v) is 32.7. The van der Waals surface area contributed by atoms with Crippen LogP contribution in [-0.4, -0.2) is 33.3 Å². The summed E-state index contributed by atoms with van der Waals surface area (Å²) in [6.45, 7) is 22.9. The van der Waals surface area contributed by atoms with Crippen molar-refractivity contribution in [2.24, 2.45) is 0 Å². The van der Waals surface area contributed by atoms with Gasteiger partial charge >= 0.3 is 0 Å². The van der Waals surface area contributed by atoms with Gasteiger partial charge in [-0.15, -0.1) is 0 Å². The van der Waals surface area contributed by atoms with Gasteiger partial charge in [-0.2, -0.15) is 0 Å². The highest BCUT2D eigenvalue weighted by molar-refractivity contribution is 7.99. The summed E-state index contributed by atoms with van der Waals surface area (Å²) in [7, 11) is 0. The maximum Gasteiger partial charge on any atom is 0.234 e. The van der Waals surface area contributed by atoms with E-state index in [1.165, 1.54) is 0 Å². The molecular formula is C44H50O6S. The molecule has 0 saturated carbocycles. The van der Waals surface area contributed by atoms with E-state index in [1.807, 2.05) is 83.1 Å². The van der Waals surface area contributed by atoms with Crippen molar-refractivity contribution in [3.63, 3.8) is 0 Å². The second-order valence-corrected chi connectivity index (χ2v) is 18.2. The van der Waals surface area contributed by atoms with E-state index in [4.69, 9.17) is 0 Å². The molecule has 0 aromatic heterocycles. The summed E-state index contributed by atoms with van der Waals surface area (Å²) in [5, 5.41) is 24.1. The van der Waals surface area contributed by atoms with Crippen LogP contribution < -0.4 is 0 Å². The van der Waals surface area contributed by atoms with Crippen molar-refractivity contribution in [3.8, 4) is 11.5 Å². The summed E-state index contributed by atoms with van der Waals surface area (Å²) in [4.78, 5) is 57.2. The fourth-order valence-electron chi connectivity index (χ4n) is 6.18. The van der Waals surface area contributed by atoms with Crippen molar-refractivity contribution in [2.75, 3.05) is 0 Å². The molecule has 268 valence electrons. The fourth-order valence-corrected chi connectivity index (χ4v) is 7.92. The van der Waals surface area contributed by atoms with Crippen molar-refractivity contribution in [1.82, 2.24) is 0 Å². The van der Waals surface area contributed by atoms with Gasteiger partial charge < -0.3 is 10.2 Å². The van der Waals surface area contributed by atoms with E-state index in [0.717, 1.165) is 11.8 Å². The lowest BCUT2D eigenvalue weighted by molar-refractivity contribution is 0.0814. The van der Waals surface area contributed by atoms with Crippen molar-refractivity contribution >= 4 is 34.9 Å². The number of rotatable bonds is 8. The molecule has 51 heavy (non-hydrogen) atoms. The lowest BCUT2D eigenvalue weighted by Gasteiger charge is -2.33. The first kappa shape index (κ1) is 39.3. The summed E-state index contributed by atoms with van der Waals surface area (Å²) in [6.07, 6.45) is 0. The van der Waals surface area contributed by atoms with Crippen LogP contribution in [0.5, 0.6) is 11.5 Å². The summed E-state index contributed by atoms with van der Waals surface area (Å²) < 4.78 is 0. The summed E-state index contributed by atoms with van der Waals surface area (Å²) >= 11 is 1.03. The van der Waals surface area contributed by atoms with Crippen molar-refractivity contribution in [1.29, 1.82) is 0 Å². The van der Waals surface area contributed by atoms with Crippen LogP contribution in [0.2, 0.25) is 0 Å². The third kappa shape index (κ3) is 8.04. The standard InChI is InChI=1S/C44H50O6S/c1-41(2,3)29-23-27(35(47)33(45)25-19-15-13-16-20-25)39(31(37(29)49)43(7,8)9)51-40-28(36(48)34(46)26-21-17-14-18-22-26)24-30(42(4,5)6)38(50)32(40)44(10,11)12/h13-24,49-50H,1-12H3. The van der Waals surface area contributed by atoms with E-state index >= 15 is 0 Å². The molecule has 0 bridgehead atoms. The van der Waals surface area contributed by atoms with Gasteiger partial charge in [0.05, 0.1) is 0 Å². The number of Topliss-reactive ketones (excluding diaryl/α,β-unsaturated/α-hetero) is 4. The molecule has 0 saturated heterocycles. The van der Waals surface area contributed by atoms with Crippen molar-refractivity contribution in [3.05, 3.63) is 117 Å². The predicted octanol–water partition coefficient (Wildman–Crippen LogP) is 10.6. The number of hydrogen-bond acceptors (Lipinski definition) is 7. The molecule has 4 aromatic rings. The molecule has 0 amide bonds. The molecule has 2 N–H and O–H groups in total. The molecule has 0 fully saturated rings. The van der Waals surface area contributed by atoms with Gasteiger partial charge in [-0.05, 0) is 33.8 Å². The number of phenols is 2. The van der Waals surface area contributed by atoms with Crippen LogP contribution in [0.1, 0.15) is 147 Å². The molecule has 0 radical (unpaired) electrons. The Balaban J connectivity index is 2.20. The number of aromatic hydroxyl groups is 2. The molecule has 0 heterocycles. The van der Waals surface area contributed by atoms with Crippen LogP contribution in [0, 0.1) is 0 Å². The molecule has 0 aliphatic heterocycles. The zero-order valence-electron chi connectivity index (χ0n) is 31.9. The normalized spacial score (nSPS) is 12.5. The van der Waals surface area contributed by atoms with E-state index in [-0.39, 0.29) is 43.5 Å². The van der Waals surface area contributed by atoms with E-state index in [2.05, 4.69) is 0 Å². The minimum atomic E-state index is -0.777. The Morgan fingerprint density at radius 1 is 0.451 bits per heavy atom. The van der Waals surface area contributed by atoms with Gasteiger partial charge in [0.15, 0.2) is 0 Å². The number of carbonyl (C=O) groups is 4. The molecule has 0 aliphatic carbocycles. The molecule has 0 spiro atoms. The molecule has 0 unspecified atom stereocenters. The monoisotopic (exact) mass is 706 g/mol. The van der Waals surface area contributed by atoms with Gasteiger partial charge in [0, 0.05) is 54.3 Å². The Hall–Kier alpha value is -4.49. The van der Waals surface area contributed by atoms with E-state index in [0.29, 0.717) is 22.3 Å². The smallest absolute Gasteiger partial charge is 0.234 e. The Morgan fingerprint density at radius 2 is 0.745 bits per heavy atom. The van der Waals surface area contributed by atoms with Crippen LogP contribution in [0.25, 0.3) is 0 Å². The van der Waals surface area contributed by atoms with Crippen LogP contribution in [-0.2, 0) is 21.7 Å². The summed E-state index contributed by atoms with van der Waals surface area (Å²) in [5.74, 6) is -3.05. The molecule has 4 aromatic carbocycles. The molecular weight excluding hydrogens is 657 g/mol. The number of phenolic OH excluding ortho intramolecular Hbond substituents is 2. The molecule has 4 rings (SSSR count). The Labute approximate surface area is 306 Å². The van der Waals surface area contributed by atoms with Crippen molar-refractivity contribution < 1.29 is 29.4 Å². The first-order valence-electron chi connectivity index (χ1n) is 17.1. The van der Waals surface area contributed by atoms with E-state index in [1.54, 1.807) is 72.8 Å². The minimum absolute atomic E-state index is 0.0257. The second-order valence-electron chi connectivity index (χ2n) is 17.2. The third-order valence-electron chi connectivity index (χ3n) is 8.80. The average molecular weight is 707 g/mol. The minimum Gasteiger partial charge on any atom is -0.507 e. The molecule has 0 atom stereocenters. The Bertz CT molecular complexity index is 1870. The topological polar surface area (TPSA) is 109 Å². The van der Waals surface area contributed by atoms with Gasteiger partial charge in [0.2, 0.25) is 23.1 Å². The SMILES string of the molecule is CC(C)(C)c1cc(C(=O)C(=O)c2ccccc2)c(Sc2c(C(=O)C(=O)c3ccccc3)cc(C(C)(C)C)c(O)c2C(C)(C)C)c(C(C)(C)C)c1O. The van der Waals surface area contributed by atoms with Gasteiger partial charge in [-0.1, -0.05) is 156 Å². The van der Waals surface area contributed by atoms with Gasteiger partial charge in [-0.25, -0.2) is 0 Å². The van der Waals surface area contributed by atoms with Crippen LogP contribution >= 0.6 is 11.8 Å². The van der Waals surface area contributed by atoms with Crippen LogP contribution in [0.3, 0.4) is 0 Å². The van der Waals surface area contributed by atoms with Gasteiger partial charge in [0.1, 0.15) is 11.5 Å². The average Bonchev–Trinajstić information content (AvgIpc) is 3.02. The van der Waals surface area contributed by atoms with Gasteiger partial charge in [-0.3, -0.25) is 19.2 Å². The number of ketones is 4. The fraction of sp³-hybridized carbons (Fsp3) is 0.364. The molecule has 0 aliphatic rings. The first-order chi connectivity index (χ1) is 23.4. The number of benzene rings is 4. The third-order valence-corrected chi connectivity index (χ3v) is 10.1. The summed E-state index contributed by atoms with van der Waals surface area (Å²) in [6, 6.07) is 19.7. The van der Waals surface area contributed by atoms with E-state index < -0.39 is 44.8 Å². The van der Waals surface area contributed by atoms with Gasteiger partial charge in [0.25, 0.3) is 0 Å². The first-order valence-corrected chi connectivity index (χ1v) is 18.0. The highest BCUT2D eigenvalue weighted by Crippen LogP contribution is 2.53. The van der Waals surface area contributed by atoms with Crippen LogP contribution in [0.15, 0.2) is 82.6 Å². The lowest BCUT2D eigenvalue weighted by atomic mass is 9.77. The van der Waals surface area contributed by atoms with Crippen molar-refractivity contribution in [2.45, 2.75) is 115 Å². The van der Waals surface area contributed by atoms with Crippen LogP contribution in [0.4, 0.5) is 0 Å². The predicted molar refractivity (Wildman–Crippen MR) is 205 cm³/mol. The summed E-state index contributed by atoms with van der Waals surface area (Å²) in [5.41, 5.74) is -0.419. The highest BCUT2D eigenvalue weighted by atomic mass is 32.2. The largest absolute Gasteiger partial charge is 0.507 e. The lowest BCUT2D eigenvalue weighted by Crippen LogP contribution is -2.25. The number of carbonyl (C=O) groups excluding carboxylic acids is 4. The highest BCUT2D eigenvalue weighted by Gasteiger charge is 2.38.